The van der Waals surface area contributed by atoms with Crippen LogP contribution in [0.25, 0.3) is 0 Å². The van der Waals surface area contributed by atoms with Gasteiger partial charge in [0.25, 0.3) is 0 Å². The van der Waals surface area contributed by atoms with E-state index in [1.807, 2.05) is 6.07 Å². The Morgan fingerprint density at radius 2 is 1.26 bits per heavy atom. The van der Waals surface area contributed by atoms with Crippen molar-refractivity contribution >= 4 is 0 Å². The number of rotatable bonds is 14. The fourth-order valence-electron chi connectivity index (χ4n) is 3.88. The average Bonchev–Trinajstić information content (AvgIpc) is 2.82. The van der Waals surface area contributed by atoms with Gasteiger partial charge in [0.2, 0.25) is 0 Å². The highest BCUT2D eigenvalue weighted by molar-refractivity contribution is 5.18. The van der Waals surface area contributed by atoms with Gasteiger partial charge in [0.05, 0.1) is 13.2 Å². The molecule has 0 aliphatic heterocycles. The van der Waals surface area contributed by atoms with Gasteiger partial charge < -0.3 is 9.84 Å². The Morgan fingerprint density at radius 3 is 1.87 bits per heavy atom. The molecule has 1 N–H and O–H groups in total. The number of hydrogen-bond donors (Lipinski definition) is 1. The topological polar surface area (TPSA) is 32.7 Å². The molecule has 0 saturated carbocycles. The second-order valence-electron chi connectivity index (χ2n) is 8.08. The first kappa shape index (κ1) is 23.2. The van der Waals surface area contributed by atoms with Crippen molar-refractivity contribution in [1.82, 2.24) is 4.90 Å². The summed E-state index contributed by atoms with van der Waals surface area (Å²) in [4.78, 5) is 2.56. The van der Waals surface area contributed by atoms with Gasteiger partial charge in [0.15, 0.2) is 0 Å². The van der Waals surface area contributed by atoms with Crippen molar-refractivity contribution in [3.05, 3.63) is 108 Å². The van der Waals surface area contributed by atoms with Gasteiger partial charge in [-0.3, -0.25) is 4.90 Å². The Balaban J connectivity index is 1.70. The van der Waals surface area contributed by atoms with E-state index >= 15 is 0 Å². The lowest BCUT2D eigenvalue weighted by atomic mass is 10.0. The molecule has 31 heavy (non-hydrogen) atoms. The van der Waals surface area contributed by atoms with E-state index in [1.54, 1.807) is 0 Å². The molecule has 3 nitrogen and oxygen atoms in total. The minimum absolute atomic E-state index is 0.270. The van der Waals surface area contributed by atoms with Gasteiger partial charge in [0.1, 0.15) is 0 Å². The van der Waals surface area contributed by atoms with Gasteiger partial charge in [0, 0.05) is 19.2 Å². The highest BCUT2D eigenvalue weighted by atomic mass is 16.5. The molecule has 0 fully saturated rings. The number of ether oxygens (including phenoxy) is 1. The zero-order chi connectivity index (χ0) is 21.6. The van der Waals surface area contributed by atoms with Gasteiger partial charge in [-0.2, -0.15) is 0 Å². The van der Waals surface area contributed by atoms with Crippen LogP contribution in [0.2, 0.25) is 0 Å². The monoisotopic (exact) mass is 417 g/mol. The molecule has 3 aromatic carbocycles. The predicted molar refractivity (Wildman–Crippen MR) is 128 cm³/mol. The molecule has 0 amide bonds. The Morgan fingerprint density at radius 1 is 0.677 bits per heavy atom. The molecule has 0 radical (unpaired) electrons. The lowest BCUT2D eigenvalue weighted by Gasteiger charge is -2.32. The normalized spacial score (nSPS) is 12.2. The summed E-state index contributed by atoms with van der Waals surface area (Å²) in [6, 6.07) is 32.1. The van der Waals surface area contributed by atoms with Crippen molar-refractivity contribution in [2.45, 2.75) is 44.9 Å². The second kappa shape index (κ2) is 13.8. The Bertz CT molecular complexity index is 823. The molecular weight excluding hydrogens is 382 g/mol. The maximum Gasteiger partial charge on any atom is 0.0717 e. The summed E-state index contributed by atoms with van der Waals surface area (Å²) in [7, 11) is 0. The van der Waals surface area contributed by atoms with Gasteiger partial charge in [-0.05, 0) is 48.9 Å². The van der Waals surface area contributed by atoms with Crippen LogP contribution in [-0.2, 0) is 24.3 Å². The third-order valence-corrected chi connectivity index (χ3v) is 5.58. The van der Waals surface area contributed by atoms with Crippen LogP contribution in [0, 0.1) is 0 Å². The SMILES string of the molecule is OCCCCCN(Cc1ccccc1)C(COCc1ccccc1)Cc1ccccc1. The molecule has 1 unspecified atom stereocenters. The van der Waals surface area contributed by atoms with E-state index in [-0.39, 0.29) is 6.61 Å². The summed E-state index contributed by atoms with van der Waals surface area (Å²) < 4.78 is 6.22. The van der Waals surface area contributed by atoms with Crippen LogP contribution in [0.4, 0.5) is 0 Å². The zero-order valence-corrected chi connectivity index (χ0v) is 18.4. The lowest BCUT2D eigenvalue weighted by molar-refractivity contribution is 0.0454. The number of unbranched alkanes of at least 4 members (excludes halogenated alkanes) is 2. The van der Waals surface area contributed by atoms with Crippen LogP contribution < -0.4 is 0 Å². The summed E-state index contributed by atoms with van der Waals surface area (Å²) in [5.74, 6) is 0. The third kappa shape index (κ3) is 8.66. The van der Waals surface area contributed by atoms with Crippen LogP contribution in [0.1, 0.15) is 36.0 Å². The molecular formula is C28H35NO2. The first-order valence-corrected chi connectivity index (χ1v) is 11.4. The highest BCUT2D eigenvalue weighted by Crippen LogP contribution is 2.16. The minimum Gasteiger partial charge on any atom is -0.396 e. The molecule has 0 bridgehead atoms. The number of hydrogen-bond acceptors (Lipinski definition) is 3. The number of aliphatic hydroxyl groups excluding tert-OH is 1. The molecule has 1 atom stereocenters. The van der Waals surface area contributed by atoms with E-state index in [9.17, 15) is 0 Å². The lowest BCUT2D eigenvalue weighted by Crippen LogP contribution is -2.40. The fourth-order valence-corrected chi connectivity index (χ4v) is 3.88. The van der Waals surface area contributed by atoms with Crippen molar-refractivity contribution in [2.24, 2.45) is 0 Å². The predicted octanol–water partition coefficient (Wildman–Crippen LogP) is 5.48. The summed E-state index contributed by atoms with van der Waals surface area (Å²) in [6.45, 7) is 3.51. The van der Waals surface area contributed by atoms with E-state index in [2.05, 4.69) is 89.8 Å². The van der Waals surface area contributed by atoms with Crippen LogP contribution >= 0.6 is 0 Å². The van der Waals surface area contributed by atoms with Crippen molar-refractivity contribution < 1.29 is 9.84 Å². The molecule has 0 aromatic heterocycles. The maximum absolute atomic E-state index is 9.16. The standard InChI is InChI=1S/C28H35NO2/c30-20-12-4-11-19-29(22-26-15-7-2-8-16-26)28(21-25-13-5-1-6-14-25)24-31-23-27-17-9-3-10-18-27/h1-3,5-10,13-18,28,30H,4,11-12,19-24H2. The first-order valence-electron chi connectivity index (χ1n) is 11.4. The van der Waals surface area contributed by atoms with Crippen LogP contribution in [0.5, 0.6) is 0 Å². The Hall–Kier alpha value is -2.46. The fraction of sp³-hybridized carbons (Fsp3) is 0.357. The average molecular weight is 418 g/mol. The van der Waals surface area contributed by atoms with Gasteiger partial charge in [-0.25, -0.2) is 0 Å². The molecule has 3 heteroatoms. The van der Waals surface area contributed by atoms with Crippen molar-refractivity contribution in [1.29, 1.82) is 0 Å². The molecule has 3 rings (SSSR count). The van der Waals surface area contributed by atoms with E-state index < -0.39 is 0 Å². The van der Waals surface area contributed by atoms with E-state index in [1.165, 1.54) is 16.7 Å². The van der Waals surface area contributed by atoms with Crippen molar-refractivity contribution in [3.63, 3.8) is 0 Å². The smallest absolute Gasteiger partial charge is 0.0717 e. The van der Waals surface area contributed by atoms with E-state index in [0.717, 1.165) is 38.8 Å². The zero-order valence-electron chi connectivity index (χ0n) is 18.4. The van der Waals surface area contributed by atoms with E-state index in [0.29, 0.717) is 19.3 Å². The highest BCUT2D eigenvalue weighted by Gasteiger charge is 2.20. The molecule has 0 heterocycles. The summed E-state index contributed by atoms with van der Waals surface area (Å²) in [6.07, 6.45) is 3.96. The maximum atomic E-state index is 9.16. The molecule has 0 aliphatic carbocycles. The molecule has 164 valence electrons. The van der Waals surface area contributed by atoms with Gasteiger partial charge in [-0.15, -0.1) is 0 Å². The molecule has 0 saturated heterocycles. The number of nitrogens with zero attached hydrogens (tertiary/aromatic N) is 1. The largest absolute Gasteiger partial charge is 0.396 e. The van der Waals surface area contributed by atoms with Crippen LogP contribution in [0.3, 0.4) is 0 Å². The third-order valence-electron chi connectivity index (χ3n) is 5.58. The van der Waals surface area contributed by atoms with Crippen molar-refractivity contribution in [2.75, 3.05) is 19.8 Å². The Labute approximate surface area is 187 Å². The van der Waals surface area contributed by atoms with E-state index in [4.69, 9.17) is 9.84 Å². The quantitative estimate of drug-likeness (QED) is 0.353. The molecule has 3 aromatic rings. The number of benzene rings is 3. The Kier molecular flexibility index (Phi) is 10.3. The second-order valence-corrected chi connectivity index (χ2v) is 8.08. The van der Waals surface area contributed by atoms with Crippen LogP contribution in [-0.4, -0.2) is 35.8 Å². The van der Waals surface area contributed by atoms with Gasteiger partial charge in [-0.1, -0.05) is 91.0 Å². The summed E-state index contributed by atoms with van der Waals surface area (Å²) in [5.41, 5.74) is 3.87. The van der Waals surface area contributed by atoms with Crippen LogP contribution in [0.15, 0.2) is 91.0 Å². The summed E-state index contributed by atoms with van der Waals surface area (Å²) >= 11 is 0. The molecule has 0 aliphatic rings. The summed E-state index contributed by atoms with van der Waals surface area (Å²) in [5, 5.41) is 9.16. The number of aliphatic hydroxyl groups is 1. The minimum atomic E-state index is 0.270. The first-order chi connectivity index (χ1) is 15.3. The molecule has 0 spiro atoms. The van der Waals surface area contributed by atoms with Crippen molar-refractivity contribution in [3.8, 4) is 0 Å². The van der Waals surface area contributed by atoms with Gasteiger partial charge >= 0.3 is 0 Å².